The van der Waals surface area contributed by atoms with Gasteiger partial charge in [-0.15, -0.1) is 0 Å². The van der Waals surface area contributed by atoms with E-state index >= 15 is 0 Å². The molecule has 0 amide bonds. The van der Waals surface area contributed by atoms with E-state index in [1.165, 1.54) is 12.0 Å². The number of rotatable bonds is 1. The van der Waals surface area contributed by atoms with Crippen molar-refractivity contribution in [1.29, 1.82) is 0 Å². The van der Waals surface area contributed by atoms with Crippen LogP contribution in [0.2, 0.25) is 0 Å². The van der Waals surface area contributed by atoms with Crippen molar-refractivity contribution in [3.05, 3.63) is 28.8 Å². The van der Waals surface area contributed by atoms with Crippen molar-refractivity contribution in [2.45, 2.75) is 26.3 Å². The minimum atomic E-state index is 0.433. The molecule has 2 nitrogen and oxygen atoms in total. The molecule has 0 unspecified atom stereocenters. The van der Waals surface area contributed by atoms with Crippen LogP contribution in [0.15, 0.2) is 12.1 Å². The Bertz CT molecular complexity index is 306. The highest BCUT2D eigenvalue weighted by Crippen LogP contribution is 2.29. The number of nitrogens with one attached hydrogen (secondary N) is 1. The van der Waals surface area contributed by atoms with E-state index in [-0.39, 0.29) is 0 Å². The Hall–Kier alpha value is -1.02. The standard InChI is InChI=1S/C11H15NO/c1-7-5-9(10-3-4-12-10)6-8(2)11(7)13/h5-6,10,12-13H,3-4H2,1-2H3/t10-/m0/s1. The van der Waals surface area contributed by atoms with Gasteiger partial charge in [-0.05, 0) is 43.5 Å². The van der Waals surface area contributed by atoms with E-state index in [1.807, 2.05) is 13.8 Å². The summed E-state index contributed by atoms with van der Waals surface area (Å²) >= 11 is 0. The first kappa shape index (κ1) is 8.57. The molecule has 2 heteroatoms. The average molecular weight is 177 g/mol. The minimum Gasteiger partial charge on any atom is -0.507 e. The average Bonchev–Trinajstić information content (AvgIpc) is 1.96. The highest BCUT2D eigenvalue weighted by Gasteiger charge is 2.19. The Morgan fingerprint density at radius 3 is 2.23 bits per heavy atom. The molecule has 0 aliphatic carbocycles. The fourth-order valence-electron chi connectivity index (χ4n) is 1.76. The molecule has 1 fully saturated rings. The number of phenols is 1. The predicted octanol–water partition coefficient (Wildman–Crippen LogP) is 2.04. The lowest BCUT2D eigenvalue weighted by Crippen LogP contribution is -2.34. The summed E-state index contributed by atoms with van der Waals surface area (Å²) in [5.74, 6) is 0.433. The number of hydrogen-bond acceptors (Lipinski definition) is 2. The summed E-state index contributed by atoms with van der Waals surface area (Å²) in [6.07, 6.45) is 1.21. The molecule has 1 aromatic rings. The summed E-state index contributed by atoms with van der Waals surface area (Å²) in [7, 11) is 0. The Morgan fingerprint density at radius 2 is 1.85 bits per heavy atom. The van der Waals surface area contributed by atoms with Gasteiger partial charge in [-0.3, -0.25) is 0 Å². The first-order chi connectivity index (χ1) is 6.18. The zero-order chi connectivity index (χ0) is 9.42. The van der Waals surface area contributed by atoms with Gasteiger partial charge in [0.2, 0.25) is 0 Å². The van der Waals surface area contributed by atoms with E-state index in [4.69, 9.17) is 0 Å². The lowest BCUT2D eigenvalue weighted by molar-refractivity contribution is 0.382. The fraction of sp³-hybridized carbons (Fsp3) is 0.455. The summed E-state index contributed by atoms with van der Waals surface area (Å²) in [6, 6.07) is 4.65. The van der Waals surface area contributed by atoms with Crippen molar-refractivity contribution in [3.8, 4) is 5.75 Å². The van der Waals surface area contributed by atoms with Crippen LogP contribution in [0, 0.1) is 13.8 Å². The molecule has 1 aliphatic heterocycles. The predicted molar refractivity (Wildman–Crippen MR) is 52.9 cm³/mol. The summed E-state index contributed by atoms with van der Waals surface area (Å²) in [5, 5.41) is 12.9. The van der Waals surface area contributed by atoms with Gasteiger partial charge in [0.1, 0.15) is 5.75 Å². The summed E-state index contributed by atoms with van der Waals surface area (Å²) in [6.45, 7) is 5.01. The van der Waals surface area contributed by atoms with E-state index < -0.39 is 0 Å². The zero-order valence-corrected chi connectivity index (χ0v) is 8.09. The van der Waals surface area contributed by atoms with Gasteiger partial charge in [0.15, 0.2) is 0 Å². The molecule has 1 heterocycles. The molecule has 1 saturated heterocycles. The van der Waals surface area contributed by atoms with E-state index in [0.717, 1.165) is 17.7 Å². The molecular formula is C11H15NO. The van der Waals surface area contributed by atoms with Crippen LogP contribution >= 0.6 is 0 Å². The number of aromatic hydroxyl groups is 1. The van der Waals surface area contributed by atoms with E-state index in [0.29, 0.717) is 11.8 Å². The molecule has 2 rings (SSSR count). The van der Waals surface area contributed by atoms with Crippen molar-refractivity contribution in [3.63, 3.8) is 0 Å². The molecule has 0 spiro atoms. The maximum absolute atomic E-state index is 9.58. The second kappa shape index (κ2) is 3.04. The lowest BCUT2D eigenvalue weighted by atomic mass is 9.94. The van der Waals surface area contributed by atoms with Crippen LogP contribution in [-0.2, 0) is 0 Å². The SMILES string of the molecule is Cc1cc([C@@H]2CCN2)cc(C)c1O. The zero-order valence-electron chi connectivity index (χ0n) is 8.09. The molecule has 0 saturated carbocycles. The third-order valence-electron chi connectivity index (χ3n) is 2.74. The lowest BCUT2D eigenvalue weighted by Gasteiger charge is -2.28. The first-order valence-corrected chi connectivity index (χ1v) is 4.72. The van der Waals surface area contributed by atoms with Crippen LogP contribution < -0.4 is 5.32 Å². The van der Waals surface area contributed by atoms with Crippen molar-refractivity contribution in [2.75, 3.05) is 6.54 Å². The quantitative estimate of drug-likeness (QED) is 0.688. The van der Waals surface area contributed by atoms with Gasteiger partial charge >= 0.3 is 0 Å². The van der Waals surface area contributed by atoms with Gasteiger partial charge in [-0.1, -0.05) is 12.1 Å². The Morgan fingerprint density at radius 1 is 1.31 bits per heavy atom. The van der Waals surface area contributed by atoms with Gasteiger partial charge in [-0.25, -0.2) is 0 Å². The van der Waals surface area contributed by atoms with Crippen molar-refractivity contribution >= 4 is 0 Å². The van der Waals surface area contributed by atoms with Crippen LogP contribution in [0.5, 0.6) is 5.75 Å². The number of benzene rings is 1. The summed E-state index contributed by atoms with van der Waals surface area (Å²) in [5.41, 5.74) is 3.26. The van der Waals surface area contributed by atoms with Gasteiger partial charge in [0.05, 0.1) is 0 Å². The van der Waals surface area contributed by atoms with Gasteiger partial charge in [0, 0.05) is 6.04 Å². The van der Waals surface area contributed by atoms with Crippen molar-refractivity contribution in [2.24, 2.45) is 0 Å². The monoisotopic (exact) mass is 177 g/mol. The largest absolute Gasteiger partial charge is 0.507 e. The molecule has 2 N–H and O–H groups in total. The third kappa shape index (κ3) is 1.42. The first-order valence-electron chi connectivity index (χ1n) is 4.72. The van der Waals surface area contributed by atoms with Crippen LogP contribution in [-0.4, -0.2) is 11.7 Å². The van der Waals surface area contributed by atoms with Crippen LogP contribution in [0.3, 0.4) is 0 Å². The van der Waals surface area contributed by atoms with Crippen molar-refractivity contribution in [1.82, 2.24) is 5.32 Å². The Labute approximate surface area is 78.6 Å². The van der Waals surface area contributed by atoms with Gasteiger partial charge in [-0.2, -0.15) is 0 Å². The van der Waals surface area contributed by atoms with Gasteiger partial charge in [0.25, 0.3) is 0 Å². The number of aryl methyl sites for hydroxylation is 2. The second-order valence-electron chi connectivity index (χ2n) is 3.80. The maximum Gasteiger partial charge on any atom is 0.121 e. The molecule has 70 valence electrons. The highest BCUT2D eigenvalue weighted by molar-refractivity contribution is 5.43. The molecule has 0 radical (unpaired) electrons. The van der Waals surface area contributed by atoms with Crippen LogP contribution in [0.1, 0.15) is 29.2 Å². The molecule has 1 atom stereocenters. The minimum absolute atomic E-state index is 0.433. The van der Waals surface area contributed by atoms with Crippen molar-refractivity contribution < 1.29 is 5.11 Å². The fourth-order valence-corrected chi connectivity index (χ4v) is 1.76. The molecule has 0 aromatic heterocycles. The van der Waals surface area contributed by atoms with E-state index in [2.05, 4.69) is 17.4 Å². The maximum atomic E-state index is 9.58. The second-order valence-corrected chi connectivity index (χ2v) is 3.80. The smallest absolute Gasteiger partial charge is 0.121 e. The molecule has 13 heavy (non-hydrogen) atoms. The molecule has 0 bridgehead atoms. The normalized spacial score (nSPS) is 21.2. The molecule has 1 aliphatic rings. The number of hydrogen-bond donors (Lipinski definition) is 2. The Balaban J connectivity index is 2.37. The molecule has 1 aromatic carbocycles. The van der Waals surface area contributed by atoms with Crippen LogP contribution in [0.25, 0.3) is 0 Å². The summed E-state index contributed by atoms with van der Waals surface area (Å²) in [4.78, 5) is 0. The van der Waals surface area contributed by atoms with E-state index in [9.17, 15) is 5.11 Å². The number of phenolic OH excluding ortho intramolecular Hbond substituents is 1. The highest BCUT2D eigenvalue weighted by atomic mass is 16.3. The third-order valence-corrected chi connectivity index (χ3v) is 2.74. The van der Waals surface area contributed by atoms with E-state index in [1.54, 1.807) is 0 Å². The summed E-state index contributed by atoms with van der Waals surface area (Å²) < 4.78 is 0. The van der Waals surface area contributed by atoms with Crippen LogP contribution in [0.4, 0.5) is 0 Å². The topological polar surface area (TPSA) is 32.3 Å². The van der Waals surface area contributed by atoms with Gasteiger partial charge < -0.3 is 10.4 Å². The Kier molecular flexibility index (Phi) is 2.00. The molecular weight excluding hydrogens is 162 g/mol.